The van der Waals surface area contributed by atoms with Crippen LogP contribution in [0.25, 0.3) is 5.76 Å². The number of rotatable bonds is 8. The molecule has 2 heterocycles. The first kappa shape index (κ1) is 25.5. The van der Waals surface area contributed by atoms with E-state index < -0.39 is 17.7 Å². The van der Waals surface area contributed by atoms with Gasteiger partial charge in [-0.3, -0.25) is 14.6 Å². The van der Waals surface area contributed by atoms with Crippen LogP contribution in [0.3, 0.4) is 0 Å². The van der Waals surface area contributed by atoms with Gasteiger partial charge in [0.05, 0.1) is 25.8 Å². The molecule has 0 spiro atoms. The molecular weight excluding hydrogens is 496 g/mol. The van der Waals surface area contributed by atoms with Crippen LogP contribution >= 0.6 is 0 Å². The van der Waals surface area contributed by atoms with E-state index >= 15 is 0 Å². The summed E-state index contributed by atoms with van der Waals surface area (Å²) in [6.07, 6.45) is 3.27. The maximum Gasteiger partial charge on any atom is 0.295 e. The van der Waals surface area contributed by atoms with Gasteiger partial charge >= 0.3 is 0 Å². The van der Waals surface area contributed by atoms with E-state index in [2.05, 4.69) is 4.98 Å². The summed E-state index contributed by atoms with van der Waals surface area (Å²) in [5.41, 5.74) is 1.63. The Bertz CT molecular complexity index is 1540. The second-order valence-electron chi connectivity index (χ2n) is 8.85. The molecule has 1 aliphatic rings. The number of aliphatic hydroxyl groups is 1. The molecule has 5 rings (SSSR count). The summed E-state index contributed by atoms with van der Waals surface area (Å²) in [5, 5.41) is 11.5. The lowest BCUT2D eigenvalue weighted by Crippen LogP contribution is -2.29. The number of likely N-dealkylation sites (tertiary alicyclic amines) is 1. The minimum Gasteiger partial charge on any atom is -0.507 e. The standard InChI is InChI=1S/C31H26N2O6/c1-37-25-14-13-22(17-26(25)38-2)29(34)27-28(33(31(36)30(27)35)19-20-8-7-15-32-18-20)21-9-6-12-24(16-21)39-23-10-4-3-5-11-23/h3-18,28,34H,19H2,1-2H3/b29-27+. The third-order valence-electron chi connectivity index (χ3n) is 6.43. The van der Waals surface area contributed by atoms with Gasteiger partial charge in [0.15, 0.2) is 11.5 Å². The Morgan fingerprint density at radius 1 is 0.872 bits per heavy atom. The van der Waals surface area contributed by atoms with Crippen molar-refractivity contribution < 1.29 is 28.9 Å². The van der Waals surface area contributed by atoms with Gasteiger partial charge in [-0.05, 0) is 59.7 Å². The Morgan fingerprint density at radius 3 is 2.36 bits per heavy atom. The molecule has 4 aromatic rings. The Balaban J connectivity index is 1.63. The number of methoxy groups -OCH3 is 2. The van der Waals surface area contributed by atoms with Crippen LogP contribution in [-0.2, 0) is 16.1 Å². The van der Waals surface area contributed by atoms with E-state index in [4.69, 9.17) is 14.2 Å². The fourth-order valence-corrected chi connectivity index (χ4v) is 4.59. The third kappa shape index (κ3) is 5.17. The van der Waals surface area contributed by atoms with Gasteiger partial charge in [-0.15, -0.1) is 0 Å². The monoisotopic (exact) mass is 522 g/mol. The summed E-state index contributed by atoms with van der Waals surface area (Å²) >= 11 is 0. The highest BCUT2D eigenvalue weighted by atomic mass is 16.5. The lowest BCUT2D eigenvalue weighted by molar-refractivity contribution is -0.140. The number of hydrogen-bond acceptors (Lipinski definition) is 7. The van der Waals surface area contributed by atoms with E-state index in [0.29, 0.717) is 34.1 Å². The van der Waals surface area contributed by atoms with E-state index in [9.17, 15) is 14.7 Å². The van der Waals surface area contributed by atoms with Gasteiger partial charge < -0.3 is 24.2 Å². The molecule has 0 saturated carbocycles. The Labute approximate surface area is 225 Å². The highest BCUT2D eigenvalue weighted by Crippen LogP contribution is 2.42. The average Bonchev–Trinajstić information content (AvgIpc) is 3.22. The molecule has 1 aliphatic heterocycles. The maximum atomic E-state index is 13.4. The number of aromatic nitrogens is 1. The normalized spacial score (nSPS) is 16.3. The molecule has 3 aromatic carbocycles. The van der Waals surface area contributed by atoms with Crippen LogP contribution < -0.4 is 14.2 Å². The van der Waals surface area contributed by atoms with Gasteiger partial charge in [0.1, 0.15) is 17.3 Å². The van der Waals surface area contributed by atoms with Crippen LogP contribution in [0, 0.1) is 0 Å². The van der Waals surface area contributed by atoms with Crippen LogP contribution in [-0.4, -0.2) is 40.9 Å². The summed E-state index contributed by atoms with van der Waals surface area (Å²) in [6.45, 7) is 0.121. The molecule has 39 heavy (non-hydrogen) atoms. The molecular formula is C31H26N2O6. The fraction of sp³-hybridized carbons (Fsp3) is 0.129. The van der Waals surface area contributed by atoms with Crippen molar-refractivity contribution in [1.29, 1.82) is 0 Å². The number of nitrogens with zero attached hydrogens (tertiary/aromatic N) is 2. The second kappa shape index (κ2) is 11.1. The summed E-state index contributed by atoms with van der Waals surface area (Å²) in [7, 11) is 2.98. The van der Waals surface area contributed by atoms with Crippen LogP contribution in [0.4, 0.5) is 0 Å². The number of benzene rings is 3. The van der Waals surface area contributed by atoms with Gasteiger partial charge in [-0.25, -0.2) is 0 Å². The molecule has 1 aromatic heterocycles. The Kier molecular flexibility index (Phi) is 7.27. The topological polar surface area (TPSA) is 98.2 Å². The predicted molar refractivity (Wildman–Crippen MR) is 145 cm³/mol. The smallest absolute Gasteiger partial charge is 0.295 e. The van der Waals surface area contributed by atoms with Gasteiger partial charge in [-0.1, -0.05) is 36.4 Å². The van der Waals surface area contributed by atoms with Crippen LogP contribution in [0.1, 0.15) is 22.7 Å². The molecule has 8 nitrogen and oxygen atoms in total. The van der Waals surface area contributed by atoms with E-state index in [1.807, 2.05) is 36.4 Å². The number of hydrogen-bond donors (Lipinski definition) is 1. The number of pyridine rings is 1. The third-order valence-corrected chi connectivity index (χ3v) is 6.43. The molecule has 8 heteroatoms. The van der Waals surface area contributed by atoms with Crippen molar-refractivity contribution in [3.8, 4) is 23.0 Å². The molecule has 0 radical (unpaired) electrons. The minimum absolute atomic E-state index is 0.0343. The molecule has 0 bridgehead atoms. The molecule has 1 unspecified atom stereocenters. The Morgan fingerprint density at radius 2 is 1.64 bits per heavy atom. The fourth-order valence-electron chi connectivity index (χ4n) is 4.59. The van der Waals surface area contributed by atoms with Crippen molar-refractivity contribution in [2.75, 3.05) is 14.2 Å². The SMILES string of the molecule is COc1ccc(/C(O)=C2\C(=O)C(=O)N(Cc3cccnc3)C2c2cccc(Oc3ccccc3)c2)cc1OC. The van der Waals surface area contributed by atoms with Crippen molar-refractivity contribution in [2.45, 2.75) is 12.6 Å². The van der Waals surface area contributed by atoms with Crippen molar-refractivity contribution >= 4 is 17.4 Å². The summed E-state index contributed by atoms with van der Waals surface area (Å²) in [5.74, 6) is 0.184. The first-order valence-corrected chi connectivity index (χ1v) is 12.2. The summed E-state index contributed by atoms with van der Waals surface area (Å²) in [4.78, 5) is 32.4. The number of amides is 1. The highest BCUT2D eigenvalue weighted by Gasteiger charge is 2.46. The van der Waals surface area contributed by atoms with Crippen molar-refractivity contribution in [1.82, 2.24) is 9.88 Å². The number of Topliss-reactive ketones (excluding diaryl/α,β-unsaturated/α-hetero) is 1. The molecule has 1 atom stereocenters. The quantitative estimate of drug-likeness (QED) is 0.185. The number of aliphatic hydroxyl groups excluding tert-OH is 1. The lowest BCUT2D eigenvalue weighted by Gasteiger charge is -2.25. The lowest BCUT2D eigenvalue weighted by atomic mass is 9.95. The minimum atomic E-state index is -0.877. The van der Waals surface area contributed by atoms with Crippen LogP contribution in [0.5, 0.6) is 23.0 Å². The first-order chi connectivity index (χ1) is 19.0. The highest BCUT2D eigenvalue weighted by molar-refractivity contribution is 6.46. The van der Waals surface area contributed by atoms with Crippen LogP contribution in [0.2, 0.25) is 0 Å². The van der Waals surface area contributed by atoms with E-state index in [0.717, 1.165) is 5.56 Å². The molecule has 1 saturated heterocycles. The summed E-state index contributed by atoms with van der Waals surface area (Å²) < 4.78 is 16.7. The zero-order valence-corrected chi connectivity index (χ0v) is 21.4. The van der Waals surface area contributed by atoms with Crippen molar-refractivity contribution in [2.24, 2.45) is 0 Å². The van der Waals surface area contributed by atoms with Crippen LogP contribution in [0.15, 0.2) is 103 Å². The number of carbonyl (C=O) groups excluding carboxylic acids is 2. The average molecular weight is 523 g/mol. The maximum absolute atomic E-state index is 13.4. The van der Waals surface area contributed by atoms with E-state index in [1.54, 1.807) is 60.9 Å². The zero-order valence-electron chi connectivity index (χ0n) is 21.4. The molecule has 1 amide bonds. The first-order valence-electron chi connectivity index (χ1n) is 12.2. The van der Waals surface area contributed by atoms with Gasteiger partial charge in [0.25, 0.3) is 11.7 Å². The van der Waals surface area contributed by atoms with Gasteiger partial charge in [0, 0.05) is 24.5 Å². The number of ether oxygens (including phenoxy) is 3. The molecule has 0 aliphatic carbocycles. The summed E-state index contributed by atoms with van der Waals surface area (Å²) in [6, 6.07) is 23.9. The van der Waals surface area contributed by atoms with Crippen molar-refractivity contribution in [3.05, 3.63) is 120 Å². The Hall–Kier alpha value is -5.11. The molecule has 1 fully saturated rings. The number of ketones is 1. The molecule has 1 N–H and O–H groups in total. The van der Waals surface area contributed by atoms with E-state index in [1.165, 1.54) is 19.1 Å². The van der Waals surface area contributed by atoms with E-state index in [-0.39, 0.29) is 17.9 Å². The largest absolute Gasteiger partial charge is 0.507 e. The number of para-hydroxylation sites is 1. The van der Waals surface area contributed by atoms with Crippen molar-refractivity contribution in [3.63, 3.8) is 0 Å². The molecule has 196 valence electrons. The second-order valence-corrected chi connectivity index (χ2v) is 8.85. The zero-order chi connectivity index (χ0) is 27.4. The predicted octanol–water partition coefficient (Wildman–Crippen LogP) is 5.51. The van der Waals surface area contributed by atoms with Gasteiger partial charge in [-0.2, -0.15) is 0 Å². The van der Waals surface area contributed by atoms with Gasteiger partial charge in [0.2, 0.25) is 0 Å². The number of carbonyl (C=O) groups is 2.